The van der Waals surface area contributed by atoms with Crippen LogP contribution in [0.2, 0.25) is 0 Å². The average Bonchev–Trinajstić information content (AvgIpc) is 2.61. The summed E-state index contributed by atoms with van der Waals surface area (Å²) < 4.78 is 13.0. The van der Waals surface area contributed by atoms with Crippen LogP contribution in [-0.2, 0) is 13.0 Å². The molecule has 0 saturated heterocycles. The van der Waals surface area contributed by atoms with Crippen LogP contribution < -0.4 is 5.32 Å². The van der Waals surface area contributed by atoms with E-state index in [-0.39, 0.29) is 5.82 Å². The zero-order valence-corrected chi connectivity index (χ0v) is 10.2. The van der Waals surface area contributed by atoms with E-state index in [0.29, 0.717) is 5.92 Å². The summed E-state index contributed by atoms with van der Waals surface area (Å²) in [6.07, 6.45) is 1.02. The molecule has 1 aliphatic heterocycles. The fourth-order valence-corrected chi connectivity index (χ4v) is 2.62. The molecule has 1 heterocycles. The van der Waals surface area contributed by atoms with E-state index in [1.165, 1.54) is 16.7 Å². The maximum atomic E-state index is 13.0. The van der Waals surface area contributed by atoms with Gasteiger partial charge >= 0.3 is 0 Å². The van der Waals surface area contributed by atoms with E-state index in [1.807, 2.05) is 12.1 Å². The number of hydrogen-bond donors (Lipinski definition) is 1. The van der Waals surface area contributed by atoms with Gasteiger partial charge < -0.3 is 5.32 Å². The van der Waals surface area contributed by atoms with Crippen LogP contribution in [0.1, 0.15) is 22.6 Å². The molecule has 1 aliphatic rings. The summed E-state index contributed by atoms with van der Waals surface area (Å²) in [6, 6.07) is 15.4. The van der Waals surface area contributed by atoms with Crippen LogP contribution in [0, 0.1) is 5.82 Å². The molecule has 2 aromatic carbocycles. The van der Waals surface area contributed by atoms with Gasteiger partial charge in [-0.15, -0.1) is 0 Å². The third-order valence-electron chi connectivity index (χ3n) is 3.63. The molecule has 0 saturated carbocycles. The largest absolute Gasteiger partial charge is 0.312 e. The second kappa shape index (κ2) is 4.91. The Bertz CT molecular complexity index is 533. The van der Waals surface area contributed by atoms with Gasteiger partial charge in [0.05, 0.1) is 0 Å². The smallest absolute Gasteiger partial charge is 0.123 e. The Morgan fingerprint density at radius 1 is 0.944 bits per heavy atom. The Labute approximate surface area is 107 Å². The molecule has 0 fully saturated rings. The van der Waals surface area contributed by atoms with Crippen molar-refractivity contribution in [2.75, 3.05) is 6.54 Å². The maximum Gasteiger partial charge on any atom is 0.123 e. The Hall–Kier alpha value is -1.67. The lowest BCUT2D eigenvalue weighted by molar-refractivity contribution is 0.600. The van der Waals surface area contributed by atoms with Gasteiger partial charge in [-0.2, -0.15) is 0 Å². The van der Waals surface area contributed by atoms with E-state index in [4.69, 9.17) is 0 Å². The van der Waals surface area contributed by atoms with Crippen molar-refractivity contribution in [2.24, 2.45) is 0 Å². The van der Waals surface area contributed by atoms with Gasteiger partial charge in [0.1, 0.15) is 5.82 Å². The molecule has 0 aliphatic carbocycles. The van der Waals surface area contributed by atoms with Crippen LogP contribution in [-0.4, -0.2) is 6.54 Å². The molecule has 0 bridgehead atoms. The number of benzene rings is 2. The van der Waals surface area contributed by atoms with E-state index in [2.05, 4.69) is 29.6 Å². The van der Waals surface area contributed by atoms with E-state index in [0.717, 1.165) is 19.5 Å². The number of halogens is 1. The van der Waals surface area contributed by atoms with E-state index in [9.17, 15) is 4.39 Å². The molecule has 2 heteroatoms. The molecule has 92 valence electrons. The second-order valence-electron chi connectivity index (χ2n) is 4.85. The first-order valence-electron chi connectivity index (χ1n) is 6.36. The summed E-state index contributed by atoms with van der Waals surface area (Å²) in [5, 5.41) is 3.47. The zero-order valence-electron chi connectivity index (χ0n) is 10.2. The Balaban J connectivity index is 1.89. The van der Waals surface area contributed by atoms with Crippen LogP contribution in [0.15, 0.2) is 48.5 Å². The summed E-state index contributed by atoms with van der Waals surface area (Å²) in [5.74, 6) is 0.259. The van der Waals surface area contributed by atoms with Crippen molar-refractivity contribution >= 4 is 0 Å². The van der Waals surface area contributed by atoms with Gasteiger partial charge in [-0.25, -0.2) is 4.39 Å². The molecule has 3 rings (SSSR count). The predicted molar refractivity (Wildman–Crippen MR) is 71.0 cm³/mol. The predicted octanol–water partition coefficient (Wildman–Crippen LogP) is 3.26. The average molecular weight is 241 g/mol. The van der Waals surface area contributed by atoms with Gasteiger partial charge in [0.25, 0.3) is 0 Å². The van der Waals surface area contributed by atoms with Crippen molar-refractivity contribution in [1.82, 2.24) is 5.32 Å². The summed E-state index contributed by atoms with van der Waals surface area (Å²) >= 11 is 0. The SMILES string of the molecule is Fc1ccc([C@H]2CNCc3ccccc3C2)cc1. The minimum Gasteiger partial charge on any atom is -0.312 e. The minimum atomic E-state index is -0.166. The maximum absolute atomic E-state index is 13.0. The monoisotopic (exact) mass is 241 g/mol. The highest BCUT2D eigenvalue weighted by Gasteiger charge is 2.17. The molecule has 0 amide bonds. The summed E-state index contributed by atoms with van der Waals surface area (Å²) in [5.41, 5.74) is 3.99. The molecule has 0 radical (unpaired) electrons. The van der Waals surface area contributed by atoms with Crippen LogP contribution >= 0.6 is 0 Å². The highest BCUT2D eigenvalue weighted by atomic mass is 19.1. The molecule has 1 nitrogen and oxygen atoms in total. The van der Waals surface area contributed by atoms with Crippen LogP contribution in [0.4, 0.5) is 4.39 Å². The van der Waals surface area contributed by atoms with Crippen LogP contribution in [0.25, 0.3) is 0 Å². The quantitative estimate of drug-likeness (QED) is 0.808. The van der Waals surface area contributed by atoms with Crippen molar-refractivity contribution in [1.29, 1.82) is 0 Å². The lowest BCUT2D eigenvalue weighted by Crippen LogP contribution is -2.19. The highest BCUT2D eigenvalue weighted by molar-refractivity contribution is 5.32. The topological polar surface area (TPSA) is 12.0 Å². The van der Waals surface area contributed by atoms with Crippen molar-refractivity contribution in [3.8, 4) is 0 Å². The van der Waals surface area contributed by atoms with Crippen molar-refractivity contribution in [2.45, 2.75) is 18.9 Å². The molecule has 18 heavy (non-hydrogen) atoms. The minimum absolute atomic E-state index is 0.166. The number of fused-ring (bicyclic) bond motifs is 1. The third-order valence-corrected chi connectivity index (χ3v) is 3.63. The first kappa shape index (κ1) is 11.4. The van der Waals surface area contributed by atoms with Gasteiger partial charge in [0.15, 0.2) is 0 Å². The Kier molecular flexibility index (Phi) is 3.11. The van der Waals surface area contributed by atoms with Crippen LogP contribution in [0.5, 0.6) is 0 Å². The molecular formula is C16H16FN. The molecule has 1 N–H and O–H groups in total. The molecule has 1 atom stereocenters. The lowest BCUT2D eigenvalue weighted by atomic mass is 9.91. The summed E-state index contributed by atoms with van der Waals surface area (Å²) in [4.78, 5) is 0. The van der Waals surface area contributed by atoms with Crippen LogP contribution in [0.3, 0.4) is 0 Å². The number of rotatable bonds is 1. The third kappa shape index (κ3) is 2.29. The standard InChI is InChI=1S/C16H16FN/c17-16-7-5-12(6-8-16)15-9-13-3-1-2-4-14(13)10-18-11-15/h1-8,15,18H,9-11H2/t15-/m1/s1. The van der Waals surface area contributed by atoms with Crippen molar-refractivity contribution in [3.63, 3.8) is 0 Å². The normalized spacial score (nSPS) is 19.1. The second-order valence-corrected chi connectivity index (χ2v) is 4.85. The summed E-state index contributed by atoms with van der Waals surface area (Å²) in [7, 11) is 0. The molecular weight excluding hydrogens is 225 g/mol. The fourth-order valence-electron chi connectivity index (χ4n) is 2.62. The van der Waals surface area contributed by atoms with Gasteiger partial charge in [-0.05, 0) is 35.2 Å². The van der Waals surface area contributed by atoms with E-state index >= 15 is 0 Å². The molecule has 0 unspecified atom stereocenters. The molecule has 0 spiro atoms. The zero-order chi connectivity index (χ0) is 12.4. The Morgan fingerprint density at radius 3 is 2.44 bits per heavy atom. The molecule has 0 aromatic heterocycles. The summed E-state index contributed by atoms with van der Waals surface area (Å²) in [6.45, 7) is 1.87. The molecule has 2 aromatic rings. The van der Waals surface area contributed by atoms with Gasteiger partial charge in [-0.1, -0.05) is 36.4 Å². The van der Waals surface area contributed by atoms with Crippen molar-refractivity contribution < 1.29 is 4.39 Å². The van der Waals surface area contributed by atoms with Gasteiger partial charge in [0, 0.05) is 19.0 Å². The lowest BCUT2D eigenvalue weighted by Gasteiger charge is -2.15. The van der Waals surface area contributed by atoms with Gasteiger partial charge in [0.2, 0.25) is 0 Å². The Morgan fingerprint density at radius 2 is 1.67 bits per heavy atom. The highest BCUT2D eigenvalue weighted by Crippen LogP contribution is 2.25. The van der Waals surface area contributed by atoms with E-state index < -0.39 is 0 Å². The van der Waals surface area contributed by atoms with Gasteiger partial charge in [-0.3, -0.25) is 0 Å². The number of nitrogens with one attached hydrogen (secondary N) is 1. The first-order chi connectivity index (χ1) is 8.83. The fraction of sp³-hybridized carbons (Fsp3) is 0.250. The number of hydrogen-bond acceptors (Lipinski definition) is 1. The van der Waals surface area contributed by atoms with Crippen molar-refractivity contribution in [3.05, 3.63) is 71.0 Å². The first-order valence-corrected chi connectivity index (χ1v) is 6.36. The van der Waals surface area contributed by atoms with E-state index in [1.54, 1.807) is 12.1 Å².